The zero-order valence-electron chi connectivity index (χ0n) is 8.46. The molecule has 4 atom stereocenters. The highest BCUT2D eigenvalue weighted by molar-refractivity contribution is 4.92. The van der Waals surface area contributed by atoms with Gasteiger partial charge in [-0.1, -0.05) is 0 Å². The Morgan fingerprint density at radius 3 is 2.75 bits per heavy atom. The minimum absolute atomic E-state index is 0.566. The molecule has 0 aromatic carbocycles. The lowest BCUT2D eigenvalue weighted by atomic mass is 10.2. The second-order valence-electron chi connectivity index (χ2n) is 3.68. The lowest BCUT2D eigenvalue weighted by Gasteiger charge is -2.14. The first-order valence-corrected chi connectivity index (χ1v) is 4.80. The topological polar surface area (TPSA) is 84.3 Å². The van der Waals surface area contributed by atoms with Crippen LogP contribution in [0.15, 0.2) is 21.9 Å². The summed E-state index contributed by atoms with van der Waals surface area (Å²) in [5.74, 6) is 0. The van der Waals surface area contributed by atoms with E-state index in [2.05, 4.69) is 0 Å². The van der Waals surface area contributed by atoms with Crippen molar-refractivity contribution in [3.63, 3.8) is 0 Å². The molecule has 1 unspecified atom stereocenters. The average molecular weight is 230 g/mol. The first kappa shape index (κ1) is 11.0. The van der Waals surface area contributed by atoms with Crippen LogP contribution in [0.4, 0.5) is 4.39 Å². The standard InChI is InChI=1S/C9H11FN2O4/c1-4-7(14)6(10)8(16-4)12-3-2-5(13)11-9(12)15/h2-4,6-8,14H,1H3,(H,11,13,15)/t4?,6-,7+,8-/m1/s1. The Hall–Kier alpha value is -1.47. The van der Waals surface area contributed by atoms with Gasteiger partial charge in [0.05, 0.1) is 6.10 Å². The molecular weight excluding hydrogens is 219 g/mol. The van der Waals surface area contributed by atoms with E-state index in [1.54, 1.807) is 0 Å². The Morgan fingerprint density at radius 2 is 2.25 bits per heavy atom. The van der Waals surface area contributed by atoms with Crippen molar-refractivity contribution in [1.82, 2.24) is 9.55 Å². The molecule has 2 rings (SSSR count). The lowest BCUT2D eigenvalue weighted by Crippen LogP contribution is -2.35. The van der Waals surface area contributed by atoms with E-state index in [1.807, 2.05) is 4.98 Å². The van der Waals surface area contributed by atoms with Gasteiger partial charge >= 0.3 is 5.69 Å². The van der Waals surface area contributed by atoms with Gasteiger partial charge in [-0.3, -0.25) is 14.3 Å². The molecule has 0 amide bonds. The number of hydrogen-bond acceptors (Lipinski definition) is 4. The molecular formula is C9H11FN2O4. The number of rotatable bonds is 1. The van der Waals surface area contributed by atoms with Gasteiger partial charge in [-0.25, -0.2) is 9.18 Å². The van der Waals surface area contributed by atoms with E-state index in [4.69, 9.17) is 4.74 Å². The number of nitrogens with zero attached hydrogens (tertiary/aromatic N) is 1. The summed E-state index contributed by atoms with van der Waals surface area (Å²) in [5.41, 5.74) is -1.33. The van der Waals surface area contributed by atoms with Crippen LogP contribution in [-0.4, -0.2) is 33.0 Å². The van der Waals surface area contributed by atoms with E-state index >= 15 is 0 Å². The molecule has 1 fully saturated rings. The maximum atomic E-state index is 13.6. The molecule has 1 aromatic heterocycles. The Labute approximate surface area is 89.3 Å². The summed E-state index contributed by atoms with van der Waals surface area (Å²) in [6, 6.07) is 1.09. The largest absolute Gasteiger partial charge is 0.387 e. The van der Waals surface area contributed by atoms with Gasteiger partial charge in [0.15, 0.2) is 12.4 Å². The fourth-order valence-corrected chi connectivity index (χ4v) is 1.65. The molecule has 2 heterocycles. The number of ether oxygens (including phenoxy) is 1. The molecule has 0 aliphatic carbocycles. The first-order valence-electron chi connectivity index (χ1n) is 4.80. The molecule has 0 spiro atoms. The van der Waals surface area contributed by atoms with Crippen LogP contribution in [0.1, 0.15) is 13.2 Å². The van der Waals surface area contributed by atoms with E-state index in [-0.39, 0.29) is 0 Å². The van der Waals surface area contributed by atoms with Gasteiger partial charge in [-0.05, 0) is 6.92 Å². The van der Waals surface area contributed by atoms with E-state index in [9.17, 15) is 19.1 Å². The predicted octanol–water partition coefficient (Wildman–Crippen LogP) is -0.847. The van der Waals surface area contributed by atoms with Crippen molar-refractivity contribution in [2.45, 2.75) is 31.5 Å². The smallest absolute Gasteiger partial charge is 0.330 e. The fourth-order valence-electron chi connectivity index (χ4n) is 1.65. The minimum atomic E-state index is -1.70. The first-order chi connectivity index (χ1) is 7.50. The summed E-state index contributed by atoms with van der Waals surface area (Å²) in [5, 5.41) is 9.36. The lowest BCUT2D eigenvalue weighted by molar-refractivity contribution is -0.0185. The zero-order valence-corrected chi connectivity index (χ0v) is 8.46. The Kier molecular flexibility index (Phi) is 2.64. The van der Waals surface area contributed by atoms with Crippen molar-refractivity contribution < 1.29 is 14.2 Å². The highest BCUT2D eigenvalue weighted by Gasteiger charge is 2.43. The van der Waals surface area contributed by atoms with Crippen molar-refractivity contribution in [3.05, 3.63) is 33.1 Å². The Morgan fingerprint density at radius 1 is 1.56 bits per heavy atom. The molecule has 6 nitrogen and oxygen atoms in total. The summed E-state index contributed by atoms with van der Waals surface area (Å²) in [6.07, 6.45) is -3.72. The summed E-state index contributed by atoms with van der Waals surface area (Å²) < 4.78 is 19.6. The number of halogens is 1. The number of nitrogens with one attached hydrogen (secondary N) is 1. The third-order valence-electron chi connectivity index (χ3n) is 2.56. The number of alkyl halides is 1. The van der Waals surface area contributed by atoms with E-state index in [0.717, 1.165) is 16.8 Å². The van der Waals surface area contributed by atoms with Gasteiger partial charge in [0.1, 0.15) is 6.10 Å². The Balaban J connectivity index is 2.39. The highest BCUT2D eigenvalue weighted by Crippen LogP contribution is 2.30. The molecule has 16 heavy (non-hydrogen) atoms. The summed E-state index contributed by atoms with van der Waals surface area (Å²) in [4.78, 5) is 24.2. The van der Waals surface area contributed by atoms with Gasteiger partial charge in [0, 0.05) is 12.3 Å². The van der Waals surface area contributed by atoms with Crippen molar-refractivity contribution in [3.8, 4) is 0 Å². The van der Waals surface area contributed by atoms with Crippen molar-refractivity contribution in [2.24, 2.45) is 0 Å². The van der Waals surface area contributed by atoms with Gasteiger partial charge in [0.25, 0.3) is 5.56 Å². The molecule has 0 bridgehead atoms. The highest BCUT2D eigenvalue weighted by atomic mass is 19.1. The third kappa shape index (κ3) is 1.68. The second kappa shape index (κ2) is 3.84. The fraction of sp³-hybridized carbons (Fsp3) is 0.556. The molecule has 1 aliphatic rings. The Bertz CT molecular complexity index is 497. The summed E-state index contributed by atoms with van der Waals surface area (Å²) in [6.45, 7) is 1.51. The molecule has 7 heteroatoms. The van der Waals surface area contributed by atoms with E-state index in [0.29, 0.717) is 0 Å². The van der Waals surface area contributed by atoms with Crippen molar-refractivity contribution in [2.75, 3.05) is 0 Å². The molecule has 0 saturated carbocycles. The van der Waals surface area contributed by atoms with E-state index in [1.165, 1.54) is 6.92 Å². The van der Waals surface area contributed by atoms with Crippen LogP contribution < -0.4 is 11.2 Å². The van der Waals surface area contributed by atoms with Crippen LogP contribution in [0.3, 0.4) is 0 Å². The van der Waals surface area contributed by atoms with Gasteiger partial charge in [-0.15, -0.1) is 0 Å². The molecule has 1 aromatic rings. The van der Waals surface area contributed by atoms with Gasteiger partial charge < -0.3 is 9.84 Å². The zero-order chi connectivity index (χ0) is 11.9. The van der Waals surface area contributed by atoms with Crippen LogP contribution in [0.5, 0.6) is 0 Å². The van der Waals surface area contributed by atoms with Crippen LogP contribution in [-0.2, 0) is 4.74 Å². The molecule has 0 radical (unpaired) electrons. The molecule has 88 valence electrons. The molecule has 1 saturated heterocycles. The van der Waals surface area contributed by atoms with Crippen LogP contribution in [0, 0.1) is 0 Å². The van der Waals surface area contributed by atoms with Crippen molar-refractivity contribution >= 4 is 0 Å². The molecule has 1 aliphatic heterocycles. The van der Waals surface area contributed by atoms with Crippen LogP contribution >= 0.6 is 0 Å². The number of aliphatic hydroxyl groups is 1. The second-order valence-corrected chi connectivity index (χ2v) is 3.68. The van der Waals surface area contributed by atoms with Gasteiger partial charge in [0.2, 0.25) is 0 Å². The minimum Gasteiger partial charge on any atom is -0.387 e. The number of H-pyrrole nitrogens is 1. The maximum absolute atomic E-state index is 13.6. The number of hydrogen-bond donors (Lipinski definition) is 2. The average Bonchev–Trinajstić information content (AvgIpc) is 2.46. The van der Waals surface area contributed by atoms with Crippen LogP contribution in [0.25, 0.3) is 0 Å². The van der Waals surface area contributed by atoms with E-state index < -0.39 is 35.9 Å². The van der Waals surface area contributed by atoms with Gasteiger partial charge in [-0.2, -0.15) is 0 Å². The summed E-state index contributed by atoms with van der Waals surface area (Å²) in [7, 11) is 0. The van der Waals surface area contributed by atoms with Crippen LogP contribution in [0.2, 0.25) is 0 Å². The maximum Gasteiger partial charge on any atom is 0.330 e. The quantitative estimate of drug-likeness (QED) is 0.658. The number of aliphatic hydroxyl groups excluding tert-OH is 1. The normalized spacial score (nSPS) is 34.2. The SMILES string of the molecule is CC1O[C@@H](n2ccc(=O)[nH]c2=O)[C@H](F)[C@H]1O. The number of aromatic amines is 1. The third-order valence-corrected chi connectivity index (χ3v) is 2.56. The predicted molar refractivity (Wildman–Crippen MR) is 51.8 cm³/mol. The summed E-state index contributed by atoms with van der Waals surface area (Å²) >= 11 is 0. The monoisotopic (exact) mass is 230 g/mol. The number of aromatic nitrogens is 2. The molecule has 2 N–H and O–H groups in total. The van der Waals surface area contributed by atoms with Crippen molar-refractivity contribution in [1.29, 1.82) is 0 Å².